The number of allylic oxidation sites excluding steroid dienone is 2. The molecule has 0 radical (unpaired) electrons. The molecule has 0 bridgehead atoms. The van der Waals surface area contributed by atoms with Crippen LogP contribution in [0.15, 0.2) is 49.5 Å². The molecule has 0 aliphatic carbocycles. The van der Waals surface area contributed by atoms with Crippen molar-refractivity contribution in [3.05, 3.63) is 62.7 Å². The van der Waals surface area contributed by atoms with E-state index in [1.54, 1.807) is 6.92 Å². The lowest BCUT2D eigenvalue weighted by atomic mass is 10.1. The molecule has 2 aromatic heterocycles. The van der Waals surface area contributed by atoms with Crippen molar-refractivity contribution in [1.82, 2.24) is 10.2 Å². The fourth-order valence-electron chi connectivity index (χ4n) is 2.75. The molecule has 0 aliphatic rings. The molecule has 0 aromatic carbocycles. The lowest BCUT2D eigenvalue weighted by Crippen LogP contribution is -2.21. The molecule has 2 aromatic rings. The van der Waals surface area contributed by atoms with Crippen molar-refractivity contribution in [3.63, 3.8) is 0 Å². The Hall–Kier alpha value is -4.48. The van der Waals surface area contributed by atoms with E-state index in [1.807, 2.05) is 0 Å². The summed E-state index contributed by atoms with van der Waals surface area (Å²) in [4.78, 5) is 52.4. The van der Waals surface area contributed by atoms with Gasteiger partial charge in [-0.25, -0.2) is 19.4 Å². The Balaban J connectivity index is 2.49. The average Bonchev–Trinajstić information content (AvgIpc) is 3.15. The van der Waals surface area contributed by atoms with Gasteiger partial charge >= 0.3 is 17.6 Å². The molecule has 0 amide bonds. The molecule has 12 heteroatoms. The fourth-order valence-corrected chi connectivity index (χ4v) is 2.75. The highest BCUT2D eigenvalue weighted by molar-refractivity contribution is 6.04. The number of aliphatic hydroxyl groups is 2. The van der Waals surface area contributed by atoms with Crippen LogP contribution in [0.1, 0.15) is 49.5 Å². The minimum absolute atomic E-state index is 0.0215. The minimum Gasteiger partial charge on any atom is -0.512 e. The van der Waals surface area contributed by atoms with Gasteiger partial charge < -0.3 is 24.1 Å². The maximum absolute atomic E-state index is 12.7. The number of aliphatic imine (C=N–C) groups is 1. The largest absolute Gasteiger partial charge is 0.512 e. The van der Waals surface area contributed by atoms with Gasteiger partial charge in [-0.15, -0.1) is 0 Å². The van der Waals surface area contributed by atoms with Crippen LogP contribution in [-0.2, 0) is 14.3 Å². The SMILES string of the molecule is CCOC(=O)c1cc(N=C(C)c2c(OC(=O)/C(C(O)=CC(C)=O)=C(/C)O)cc(C)oc2=O)n[nH]1. The van der Waals surface area contributed by atoms with Crippen LogP contribution >= 0.6 is 0 Å². The third-order valence-electron chi connectivity index (χ3n) is 4.11. The number of esters is 2. The van der Waals surface area contributed by atoms with Crippen LogP contribution in [0.3, 0.4) is 0 Å². The van der Waals surface area contributed by atoms with Gasteiger partial charge in [-0.2, -0.15) is 5.10 Å². The lowest BCUT2D eigenvalue weighted by molar-refractivity contribution is -0.130. The molecule has 34 heavy (non-hydrogen) atoms. The van der Waals surface area contributed by atoms with Crippen molar-refractivity contribution in [2.75, 3.05) is 6.61 Å². The molecule has 0 atom stereocenters. The third kappa shape index (κ3) is 6.28. The summed E-state index contributed by atoms with van der Waals surface area (Å²) in [5.41, 5.74) is -1.75. The van der Waals surface area contributed by atoms with Crippen LogP contribution in [-0.4, -0.2) is 50.5 Å². The molecule has 3 N–H and O–H groups in total. The van der Waals surface area contributed by atoms with E-state index in [2.05, 4.69) is 15.2 Å². The number of nitrogens with zero attached hydrogens (tertiary/aromatic N) is 2. The molecule has 0 saturated carbocycles. The van der Waals surface area contributed by atoms with Crippen molar-refractivity contribution >= 4 is 29.3 Å². The second-order valence-corrected chi connectivity index (χ2v) is 6.93. The average molecular weight is 473 g/mol. The molecule has 0 saturated heterocycles. The zero-order valence-corrected chi connectivity index (χ0v) is 19.1. The molecular formula is C22H23N3O9. The molecule has 12 nitrogen and oxygen atoms in total. The minimum atomic E-state index is -1.24. The summed E-state index contributed by atoms with van der Waals surface area (Å²) in [6.45, 7) is 6.91. The summed E-state index contributed by atoms with van der Waals surface area (Å²) in [6, 6.07) is 2.53. The normalized spacial score (nSPS) is 12.7. The molecule has 180 valence electrons. The van der Waals surface area contributed by atoms with E-state index < -0.39 is 40.4 Å². The molecule has 0 aliphatic heterocycles. The Labute approximate surface area is 193 Å². The van der Waals surface area contributed by atoms with Crippen molar-refractivity contribution in [2.24, 2.45) is 4.99 Å². The van der Waals surface area contributed by atoms with Gasteiger partial charge in [0.1, 0.15) is 34.1 Å². The third-order valence-corrected chi connectivity index (χ3v) is 4.11. The Bertz CT molecular complexity index is 1270. The van der Waals surface area contributed by atoms with Gasteiger partial charge in [0.05, 0.1) is 12.3 Å². The maximum Gasteiger partial charge on any atom is 0.356 e. The number of ether oxygens (including phenoxy) is 2. The molecule has 2 rings (SSSR count). The second-order valence-electron chi connectivity index (χ2n) is 6.93. The highest BCUT2D eigenvalue weighted by Gasteiger charge is 2.24. The summed E-state index contributed by atoms with van der Waals surface area (Å²) in [5, 5.41) is 26.2. The zero-order valence-electron chi connectivity index (χ0n) is 19.1. The highest BCUT2D eigenvalue weighted by atomic mass is 16.5. The van der Waals surface area contributed by atoms with Crippen LogP contribution in [0, 0.1) is 6.92 Å². The fraction of sp³-hybridized carbons (Fsp3) is 0.273. The second kappa shape index (κ2) is 10.9. The van der Waals surface area contributed by atoms with E-state index in [1.165, 1.54) is 26.0 Å². The number of carbonyl (C=O) groups excluding carboxylic acids is 3. The first kappa shape index (κ1) is 25.8. The number of hydrogen-bond acceptors (Lipinski definition) is 11. The van der Waals surface area contributed by atoms with Crippen molar-refractivity contribution < 1.29 is 38.5 Å². The summed E-state index contributed by atoms with van der Waals surface area (Å²) < 4.78 is 15.2. The summed E-state index contributed by atoms with van der Waals surface area (Å²) in [5.74, 6) is -4.04. The van der Waals surface area contributed by atoms with E-state index >= 15 is 0 Å². The Morgan fingerprint density at radius 1 is 1.21 bits per heavy atom. The van der Waals surface area contributed by atoms with Gasteiger partial charge in [0.25, 0.3) is 0 Å². The van der Waals surface area contributed by atoms with Gasteiger partial charge in [0, 0.05) is 18.2 Å². The van der Waals surface area contributed by atoms with Crippen LogP contribution < -0.4 is 10.4 Å². The van der Waals surface area contributed by atoms with Gasteiger partial charge in [-0.3, -0.25) is 9.89 Å². The van der Waals surface area contributed by atoms with Crippen LogP contribution in [0.2, 0.25) is 0 Å². The zero-order chi connectivity index (χ0) is 25.6. The maximum atomic E-state index is 12.7. The summed E-state index contributed by atoms with van der Waals surface area (Å²) in [7, 11) is 0. The van der Waals surface area contributed by atoms with Crippen LogP contribution in [0.5, 0.6) is 5.75 Å². The first-order chi connectivity index (χ1) is 15.9. The van der Waals surface area contributed by atoms with Crippen LogP contribution in [0.4, 0.5) is 5.82 Å². The Morgan fingerprint density at radius 3 is 2.47 bits per heavy atom. The predicted octanol–water partition coefficient (Wildman–Crippen LogP) is 2.76. The number of H-pyrrole nitrogens is 1. The number of hydrogen-bond donors (Lipinski definition) is 3. The van der Waals surface area contributed by atoms with Gasteiger partial charge in [-0.05, 0) is 34.6 Å². The van der Waals surface area contributed by atoms with Crippen molar-refractivity contribution in [1.29, 1.82) is 0 Å². The standard InChI is InChI=1S/C22H23N3O9/c1-6-32-20(29)14-9-17(25-24-14)23-12(4)18-16(8-11(3)33-21(18)30)34-22(31)19(13(5)27)15(28)7-10(2)26/h7-9,27-28H,6H2,1-5H3,(H,24,25)/b15-7?,19-13-,23-12?. The Morgan fingerprint density at radius 2 is 1.88 bits per heavy atom. The van der Waals surface area contributed by atoms with Gasteiger partial charge in [0.2, 0.25) is 0 Å². The monoisotopic (exact) mass is 473 g/mol. The van der Waals surface area contributed by atoms with E-state index in [0.717, 1.165) is 19.9 Å². The van der Waals surface area contributed by atoms with E-state index in [9.17, 15) is 29.4 Å². The first-order valence-corrected chi connectivity index (χ1v) is 9.91. The number of carbonyl (C=O) groups is 3. The quantitative estimate of drug-likeness (QED) is 0.169. The molecule has 0 spiro atoms. The van der Waals surface area contributed by atoms with Gasteiger partial charge in [-0.1, -0.05) is 0 Å². The van der Waals surface area contributed by atoms with Gasteiger partial charge in [0.15, 0.2) is 17.4 Å². The van der Waals surface area contributed by atoms with E-state index in [-0.39, 0.29) is 40.9 Å². The summed E-state index contributed by atoms with van der Waals surface area (Å²) >= 11 is 0. The topological polar surface area (TPSA) is 181 Å². The molecule has 2 heterocycles. The smallest absolute Gasteiger partial charge is 0.356 e. The molecule has 0 fully saturated rings. The number of aryl methyl sites for hydroxylation is 1. The molecular weight excluding hydrogens is 450 g/mol. The number of ketones is 1. The van der Waals surface area contributed by atoms with Crippen molar-refractivity contribution in [2.45, 2.75) is 34.6 Å². The number of rotatable bonds is 8. The number of aliphatic hydroxyl groups excluding tert-OH is 2. The van der Waals surface area contributed by atoms with E-state index in [0.29, 0.717) is 0 Å². The first-order valence-electron chi connectivity index (χ1n) is 9.91. The van der Waals surface area contributed by atoms with E-state index in [4.69, 9.17) is 13.9 Å². The number of aromatic nitrogens is 2. The number of aromatic amines is 1. The lowest BCUT2D eigenvalue weighted by Gasteiger charge is -2.11. The summed E-state index contributed by atoms with van der Waals surface area (Å²) in [6.07, 6.45) is 0.729. The highest BCUT2D eigenvalue weighted by Crippen LogP contribution is 2.23. The molecule has 0 unspecified atom stereocenters. The number of nitrogens with one attached hydrogen (secondary N) is 1. The Kier molecular flexibility index (Phi) is 8.26. The predicted molar refractivity (Wildman–Crippen MR) is 118 cm³/mol. The van der Waals surface area contributed by atoms with Crippen LogP contribution in [0.25, 0.3) is 0 Å². The van der Waals surface area contributed by atoms with Crippen molar-refractivity contribution in [3.8, 4) is 5.75 Å².